The maximum atomic E-state index is 6.11. The van der Waals surface area contributed by atoms with Crippen molar-refractivity contribution in [1.29, 1.82) is 0 Å². The van der Waals surface area contributed by atoms with Gasteiger partial charge in [0.05, 0.1) is 23.1 Å². The number of nitrogens with two attached hydrogens (primary N) is 1. The summed E-state index contributed by atoms with van der Waals surface area (Å²) in [6.07, 6.45) is 3.38. The van der Waals surface area contributed by atoms with Gasteiger partial charge in [0.15, 0.2) is 0 Å². The lowest BCUT2D eigenvalue weighted by Gasteiger charge is -2.17. The quantitative estimate of drug-likeness (QED) is 0.762. The summed E-state index contributed by atoms with van der Waals surface area (Å²) in [6.45, 7) is 0. The topological polar surface area (TPSA) is 55.0 Å². The summed E-state index contributed by atoms with van der Waals surface area (Å²) in [5.41, 5.74) is 10.8. The largest absolute Gasteiger partial charge is 0.396 e. The van der Waals surface area contributed by atoms with Crippen LogP contribution in [0.15, 0.2) is 36.7 Å². The van der Waals surface area contributed by atoms with Crippen LogP contribution in [-0.2, 0) is 0 Å². The Hall–Kier alpha value is -2.04. The molecule has 0 amide bonds. The fourth-order valence-corrected chi connectivity index (χ4v) is 3.03. The molecule has 0 aliphatic heterocycles. The van der Waals surface area contributed by atoms with Crippen LogP contribution in [0, 0.1) is 0 Å². The molecule has 0 spiro atoms. The van der Waals surface area contributed by atoms with Crippen LogP contribution in [0.3, 0.4) is 0 Å². The first-order valence-corrected chi connectivity index (χ1v) is 7.40. The standard InChI is InChI=1S/C16H14Cl2N4/c1-22(2)16-13(19)8-21-14-12(3-4-20-15(14)16)9-5-10(17)7-11(18)6-9/h3-8H,19H2,1-2H3. The number of pyridine rings is 2. The molecule has 2 heterocycles. The van der Waals surface area contributed by atoms with Crippen molar-refractivity contribution in [3.05, 3.63) is 46.7 Å². The van der Waals surface area contributed by atoms with E-state index in [1.54, 1.807) is 18.5 Å². The van der Waals surface area contributed by atoms with Gasteiger partial charge in [0, 0.05) is 35.9 Å². The van der Waals surface area contributed by atoms with E-state index in [2.05, 4.69) is 9.97 Å². The van der Waals surface area contributed by atoms with Gasteiger partial charge in [0.25, 0.3) is 0 Å². The third-order valence-corrected chi connectivity index (χ3v) is 3.81. The van der Waals surface area contributed by atoms with Crippen LogP contribution in [0.2, 0.25) is 10.0 Å². The summed E-state index contributed by atoms with van der Waals surface area (Å²) in [5.74, 6) is 0. The molecule has 0 radical (unpaired) electrons. The average molecular weight is 333 g/mol. The van der Waals surface area contributed by atoms with Crippen LogP contribution in [0.1, 0.15) is 0 Å². The fourth-order valence-electron chi connectivity index (χ4n) is 2.50. The molecule has 1 aromatic carbocycles. The fraction of sp³-hybridized carbons (Fsp3) is 0.125. The Morgan fingerprint density at radius 1 is 1.00 bits per heavy atom. The van der Waals surface area contributed by atoms with E-state index in [9.17, 15) is 0 Å². The molecule has 0 bridgehead atoms. The first-order valence-electron chi connectivity index (χ1n) is 6.64. The maximum Gasteiger partial charge on any atom is 0.115 e. The predicted octanol–water partition coefficient (Wildman–Crippen LogP) is 4.25. The number of hydrogen-bond acceptors (Lipinski definition) is 4. The van der Waals surface area contributed by atoms with Crippen LogP contribution in [-0.4, -0.2) is 24.1 Å². The maximum absolute atomic E-state index is 6.11. The van der Waals surface area contributed by atoms with Gasteiger partial charge in [-0.15, -0.1) is 0 Å². The van der Waals surface area contributed by atoms with Gasteiger partial charge < -0.3 is 10.6 Å². The highest BCUT2D eigenvalue weighted by molar-refractivity contribution is 6.35. The van der Waals surface area contributed by atoms with Crippen molar-refractivity contribution in [3.63, 3.8) is 0 Å². The second-order valence-electron chi connectivity index (χ2n) is 5.17. The highest BCUT2D eigenvalue weighted by Gasteiger charge is 2.14. The number of benzene rings is 1. The minimum absolute atomic E-state index is 0.579. The Balaban J connectivity index is 2.34. The molecule has 0 aliphatic rings. The van der Waals surface area contributed by atoms with Gasteiger partial charge in [-0.25, -0.2) is 0 Å². The molecule has 0 saturated carbocycles. The lowest BCUT2D eigenvalue weighted by Crippen LogP contribution is -2.12. The number of halogens is 2. The van der Waals surface area contributed by atoms with Gasteiger partial charge in [-0.2, -0.15) is 0 Å². The summed E-state index contributed by atoms with van der Waals surface area (Å²) >= 11 is 12.2. The van der Waals surface area contributed by atoms with E-state index < -0.39 is 0 Å². The zero-order chi connectivity index (χ0) is 15.9. The predicted molar refractivity (Wildman–Crippen MR) is 93.7 cm³/mol. The lowest BCUT2D eigenvalue weighted by molar-refractivity contribution is 1.13. The number of fused-ring (bicyclic) bond motifs is 1. The monoisotopic (exact) mass is 332 g/mol. The molecule has 0 unspecified atom stereocenters. The molecular weight excluding hydrogens is 319 g/mol. The Labute approximate surface area is 138 Å². The number of rotatable bonds is 2. The first-order chi connectivity index (χ1) is 10.5. The summed E-state index contributed by atoms with van der Waals surface area (Å²) in [6, 6.07) is 7.31. The van der Waals surface area contributed by atoms with Crippen molar-refractivity contribution in [2.45, 2.75) is 0 Å². The average Bonchev–Trinajstić information content (AvgIpc) is 2.44. The normalized spacial score (nSPS) is 10.9. The van der Waals surface area contributed by atoms with E-state index in [-0.39, 0.29) is 0 Å². The molecule has 112 valence electrons. The van der Waals surface area contributed by atoms with Crippen LogP contribution in [0.4, 0.5) is 11.4 Å². The highest BCUT2D eigenvalue weighted by Crippen LogP contribution is 2.35. The van der Waals surface area contributed by atoms with Gasteiger partial charge in [0.1, 0.15) is 5.52 Å². The van der Waals surface area contributed by atoms with E-state index in [0.29, 0.717) is 15.7 Å². The molecule has 2 aromatic heterocycles. The Bertz CT molecular complexity index is 842. The Kier molecular flexibility index (Phi) is 3.81. The van der Waals surface area contributed by atoms with E-state index in [4.69, 9.17) is 28.9 Å². The minimum Gasteiger partial charge on any atom is -0.396 e. The van der Waals surface area contributed by atoms with Gasteiger partial charge in [-0.3, -0.25) is 9.97 Å². The number of aromatic nitrogens is 2. The molecule has 22 heavy (non-hydrogen) atoms. The van der Waals surface area contributed by atoms with Crippen LogP contribution < -0.4 is 10.6 Å². The van der Waals surface area contributed by atoms with Crippen LogP contribution in [0.25, 0.3) is 22.2 Å². The number of nitrogen functional groups attached to an aromatic ring is 1. The highest BCUT2D eigenvalue weighted by atomic mass is 35.5. The van der Waals surface area contributed by atoms with E-state index in [0.717, 1.165) is 27.8 Å². The SMILES string of the molecule is CN(C)c1c(N)cnc2c(-c3cc(Cl)cc(Cl)c3)ccnc12. The van der Waals surface area contributed by atoms with Crippen molar-refractivity contribution in [1.82, 2.24) is 9.97 Å². The first kappa shape index (κ1) is 14.9. The molecule has 3 rings (SSSR count). The zero-order valence-electron chi connectivity index (χ0n) is 12.1. The van der Waals surface area contributed by atoms with E-state index in [1.165, 1.54) is 0 Å². The summed E-state index contributed by atoms with van der Waals surface area (Å²) in [4.78, 5) is 10.8. The molecule has 6 heteroatoms. The molecule has 2 N–H and O–H groups in total. The number of hydrogen-bond donors (Lipinski definition) is 1. The van der Waals surface area contributed by atoms with E-state index in [1.807, 2.05) is 37.2 Å². The molecule has 0 aliphatic carbocycles. The van der Waals surface area contributed by atoms with Gasteiger partial charge in [-0.05, 0) is 29.8 Å². The molecule has 0 saturated heterocycles. The molecule has 0 fully saturated rings. The minimum atomic E-state index is 0.579. The summed E-state index contributed by atoms with van der Waals surface area (Å²) in [7, 11) is 3.85. The van der Waals surface area contributed by atoms with E-state index >= 15 is 0 Å². The molecule has 4 nitrogen and oxygen atoms in total. The molecule has 0 atom stereocenters. The Morgan fingerprint density at radius 3 is 2.32 bits per heavy atom. The molecular formula is C16H14Cl2N4. The van der Waals surface area contributed by atoms with Crippen molar-refractivity contribution in [3.8, 4) is 11.1 Å². The second-order valence-corrected chi connectivity index (χ2v) is 6.04. The van der Waals surface area contributed by atoms with Crippen LogP contribution in [0.5, 0.6) is 0 Å². The van der Waals surface area contributed by atoms with Crippen LogP contribution >= 0.6 is 23.2 Å². The van der Waals surface area contributed by atoms with Crippen molar-refractivity contribution in [2.75, 3.05) is 24.7 Å². The smallest absolute Gasteiger partial charge is 0.115 e. The summed E-state index contributed by atoms with van der Waals surface area (Å²) < 4.78 is 0. The van der Waals surface area contributed by atoms with Crippen molar-refractivity contribution >= 4 is 45.6 Å². The van der Waals surface area contributed by atoms with Crippen molar-refractivity contribution in [2.24, 2.45) is 0 Å². The second kappa shape index (κ2) is 5.63. The van der Waals surface area contributed by atoms with Gasteiger partial charge in [-0.1, -0.05) is 23.2 Å². The van der Waals surface area contributed by atoms with Gasteiger partial charge >= 0.3 is 0 Å². The summed E-state index contributed by atoms with van der Waals surface area (Å²) in [5, 5.41) is 1.16. The number of anilines is 2. The van der Waals surface area contributed by atoms with Gasteiger partial charge in [0.2, 0.25) is 0 Å². The zero-order valence-corrected chi connectivity index (χ0v) is 13.7. The number of nitrogens with zero attached hydrogens (tertiary/aromatic N) is 3. The lowest BCUT2D eigenvalue weighted by atomic mass is 10.0. The van der Waals surface area contributed by atoms with Crippen molar-refractivity contribution < 1.29 is 0 Å². The third kappa shape index (κ3) is 2.56. The third-order valence-electron chi connectivity index (χ3n) is 3.38. The Morgan fingerprint density at radius 2 is 1.68 bits per heavy atom. The molecule has 3 aromatic rings.